The third-order valence-corrected chi connectivity index (χ3v) is 0.850. The Balaban J connectivity index is 0. The van der Waals surface area contributed by atoms with E-state index >= 15 is 0 Å². The minimum Gasteiger partial charge on any atom is -0.741 e. The third-order valence-electron chi connectivity index (χ3n) is 0.283. The van der Waals surface area contributed by atoms with E-state index in [0.29, 0.717) is 0 Å². The van der Waals surface area contributed by atoms with E-state index in [1.54, 1.807) is 0 Å². The highest BCUT2D eigenvalue weighted by Gasteiger charge is 2.36. The summed E-state index contributed by atoms with van der Waals surface area (Å²) >= 11 is 0. The van der Waals surface area contributed by atoms with Crippen LogP contribution < -0.4 is 0 Å². The summed E-state index contributed by atoms with van der Waals surface area (Å²) in [5, 5.41) is 0. The van der Waals surface area contributed by atoms with E-state index < -0.39 is 15.6 Å². The van der Waals surface area contributed by atoms with Crippen LogP contribution in [0.1, 0.15) is 0 Å². The first kappa shape index (κ1) is 11.7. The maximum absolute atomic E-state index is 10.7. The highest BCUT2D eigenvalue weighted by molar-refractivity contribution is 7.86. The van der Waals surface area contributed by atoms with Crippen molar-refractivity contribution >= 4 is 10.1 Å². The van der Waals surface area contributed by atoms with Crippen LogP contribution in [0.15, 0.2) is 0 Å². The topological polar surface area (TPSA) is 57.2 Å². The molecule has 0 aromatic carbocycles. The van der Waals surface area contributed by atoms with E-state index in [4.69, 9.17) is 13.0 Å². The first-order valence-electron chi connectivity index (χ1n) is 1.27. The van der Waals surface area contributed by atoms with Crippen LogP contribution in [0.25, 0.3) is 0 Å². The molecule has 0 amide bonds. The molecule has 0 fully saturated rings. The average molecular weight is 187 g/mol. The molecule has 0 aliphatic heterocycles. The zero-order chi connectivity index (χ0) is 7.00. The fourth-order valence-electron chi connectivity index (χ4n) is 0. The summed E-state index contributed by atoms with van der Waals surface area (Å²) < 4.78 is 58.9. The molecule has 8 heteroatoms. The van der Waals surface area contributed by atoms with Crippen molar-refractivity contribution in [3.05, 3.63) is 0 Å². The van der Waals surface area contributed by atoms with Crippen LogP contribution in [0.2, 0.25) is 0 Å². The molecule has 0 bridgehead atoms. The molecule has 0 saturated carbocycles. The van der Waals surface area contributed by atoms with Gasteiger partial charge in [-0.3, -0.25) is 0 Å². The van der Waals surface area contributed by atoms with Gasteiger partial charge in [0.2, 0.25) is 0 Å². The first-order valence-corrected chi connectivity index (χ1v) is 2.68. The van der Waals surface area contributed by atoms with Gasteiger partial charge in [-0.1, -0.05) is 0 Å². The highest BCUT2D eigenvalue weighted by atomic mass is 35.5. The lowest BCUT2D eigenvalue weighted by Gasteiger charge is -2.08. The fourth-order valence-corrected chi connectivity index (χ4v) is 0. The van der Waals surface area contributed by atoms with Crippen molar-refractivity contribution in [1.29, 1.82) is 0 Å². The summed E-state index contributed by atoms with van der Waals surface area (Å²) in [6.07, 6.45) is 0. The van der Waals surface area contributed by atoms with E-state index in [2.05, 4.69) is 0 Å². The molecular weight excluding hydrogens is 185 g/mol. The van der Waals surface area contributed by atoms with Crippen LogP contribution in [0.4, 0.5) is 13.2 Å². The zero-order valence-corrected chi connectivity index (χ0v) is 5.43. The number of halogens is 4. The van der Waals surface area contributed by atoms with Crippen LogP contribution in [-0.2, 0) is 10.1 Å². The van der Waals surface area contributed by atoms with E-state index in [9.17, 15) is 13.2 Å². The Bertz CT molecular complexity index is 168. The maximum Gasteiger partial charge on any atom is 0.485 e. The molecule has 9 heavy (non-hydrogen) atoms. The van der Waals surface area contributed by atoms with Crippen molar-refractivity contribution in [2.75, 3.05) is 0 Å². The third kappa shape index (κ3) is 3.55. The lowest BCUT2D eigenvalue weighted by molar-refractivity contribution is -0.0517. The lowest BCUT2D eigenvalue weighted by atomic mass is 11.6. The maximum atomic E-state index is 10.7. The van der Waals surface area contributed by atoms with Gasteiger partial charge in [0.25, 0.3) is 0 Å². The van der Waals surface area contributed by atoms with Crippen LogP contribution in [-0.4, -0.2) is 18.5 Å². The van der Waals surface area contributed by atoms with Gasteiger partial charge in [0.15, 0.2) is 10.1 Å². The smallest absolute Gasteiger partial charge is 0.485 e. The van der Waals surface area contributed by atoms with E-state index in [1.165, 1.54) is 0 Å². The fraction of sp³-hybridized carbons (Fsp3) is 1.00. The van der Waals surface area contributed by atoms with Gasteiger partial charge in [0.1, 0.15) is 0 Å². The minimum atomic E-state index is -6.09. The summed E-state index contributed by atoms with van der Waals surface area (Å²) in [7, 11) is -6.09. The molecule has 0 atom stereocenters. The second kappa shape index (κ2) is 2.72. The van der Waals surface area contributed by atoms with Crippen LogP contribution >= 0.6 is 0 Å². The van der Waals surface area contributed by atoms with Crippen molar-refractivity contribution < 1.29 is 38.5 Å². The molecule has 0 aromatic rings. The minimum absolute atomic E-state index is 0. The Hall–Kier alpha value is -0.0100. The van der Waals surface area contributed by atoms with Gasteiger partial charge in [-0.25, -0.2) is 8.42 Å². The predicted octanol–water partition coefficient (Wildman–Crippen LogP) is -0.484. The number of rotatable bonds is 0. The molecule has 0 heterocycles. The molecule has 58 valence electrons. The van der Waals surface area contributed by atoms with Crippen LogP contribution in [0.3, 0.4) is 0 Å². The number of alkyl halides is 3. The Kier molecular flexibility index (Phi) is 3.54. The molecule has 0 rings (SSSR count). The molecule has 0 aromatic heterocycles. The van der Waals surface area contributed by atoms with Crippen molar-refractivity contribution in [3.63, 3.8) is 0 Å². The Morgan fingerprint density at radius 1 is 1.22 bits per heavy atom. The molecule has 0 unspecified atom stereocenters. The lowest BCUT2D eigenvalue weighted by Crippen LogP contribution is -2.21. The average Bonchev–Trinajstić information content (AvgIpc) is 1.25. The van der Waals surface area contributed by atoms with Crippen LogP contribution in [0.5, 0.6) is 0 Å². The molecule has 0 radical (unpaired) electrons. The molecule has 3 nitrogen and oxygen atoms in total. The summed E-state index contributed by atoms with van der Waals surface area (Å²) in [5.74, 6) is 0. The van der Waals surface area contributed by atoms with Crippen molar-refractivity contribution in [2.45, 2.75) is 5.51 Å². The monoisotopic (exact) mass is 186 g/mol. The quantitative estimate of drug-likeness (QED) is 0.379. The Morgan fingerprint density at radius 2 is 1.33 bits per heavy atom. The van der Waals surface area contributed by atoms with Gasteiger partial charge >= 0.3 is 5.51 Å². The van der Waals surface area contributed by atoms with Gasteiger partial charge < -0.3 is 4.55 Å². The number of hydrogen-bond donors (Lipinski definition) is 0. The van der Waals surface area contributed by atoms with Gasteiger partial charge in [0, 0.05) is 0 Å². The van der Waals surface area contributed by atoms with Crippen molar-refractivity contribution in [1.82, 2.24) is 0 Å². The van der Waals surface area contributed by atoms with Crippen LogP contribution in [0, 0.1) is 12.4 Å². The predicted molar refractivity (Wildman–Crippen MR) is 18.5 cm³/mol. The second-order valence-corrected chi connectivity index (χ2v) is 2.27. The first-order chi connectivity index (χ1) is 3.25. The van der Waals surface area contributed by atoms with E-state index in [0.717, 1.165) is 0 Å². The van der Waals surface area contributed by atoms with Gasteiger partial charge in [0.05, 0.1) is 12.4 Å². The largest absolute Gasteiger partial charge is 0.741 e. The standard InChI is InChI=1S/CHF3O3S.ClH2/c2-1(3,4)8(5,6)7;/h(H,5,6,7);1H2/q;+1/p-1. The summed E-state index contributed by atoms with van der Waals surface area (Å²) in [6, 6.07) is 0. The molecule has 0 saturated heterocycles. The molecule has 0 N–H and O–H groups in total. The summed E-state index contributed by atoms with van der Waals surface area (Å²) in [4.78, 5) is 0. The van der Waals surface area contributed by atoms with Gasteiger partial charge in [-0.2, -0.15) is 13.2 Å². The molecule has 0 aliphatic rings. The Labute approximate surface area is 55.0 Å². The van der Waals surface area contributed by atoms with E-state index in [-0.39, 0.29) is 12.4 Å². The summed E-state index contributed by atoms with van der Waals surface area (Å²) in [5.41, 5.74) is -5.65. The number of hydrogen-bond acceptors (Lipinski definition) is 3. The van der Waals surface area contributed by atoms with Crippen molar-refractivity contribution in [3.8, 4) is 0 Å². The normalized spacial score (nSPS) is 12.4. The van der Waals surface area contributed by atoms with Gasteiger partial charge in [-0.15, -0.1) is 0 Å². The summed E-state index contributed by atoms with van der Waals surface area (Å²) in [6.45, 7) is 0. The molecule has 0 spiro atoms. The van der Waals surface area contributed by atoms with E-state index in [1.807, 2.05) is 0 Å². The SMILES string of the molecule is O=S(=O)([O-])C(F)(F)F.[ClH2+]. The van der Waals surface area contributed by atoms with Gasteiger partial charge in [-0.05, 0) is 0 Å². The zero-order valence-electron chi connectivity index (χ0n) is 3.71. The van der Waals surface area contributed by atoms with Crippen molar-refractivity contribution in [2.24, 2.45) is 0 Å². The highest BCUT2D eigenvalue weighted by Crippen LogP contribution is 2.20. The Morgan fingerprint density at radius 3 is 1.33 bits per heavy atom. The molecule has 0 aliphatic carbocycles. The molecular formula is CH2ClF3O3S. The second-order valence-electron chi connectivity index (χ2n) is 0.900.